The molecule has 0 amide bonds. The third-order valence-corrected chi connectivity index (χ3v) is 3.62. The number of carboxylic acid groups (broad SMARTS) is 2. The Bertz CT molecular complexity index is 414. The minimum absolute atomic E-state index is 0.325. The Morgan fingerprint density at radius 1 is 1.04 bits per heavy atom. The molecule has 11 N–H and O–H groups in total. The Labute approximate surface area is 163 Å². The lowest BCUT2D eigenvalue weighted by molar-refractivity contribution is -0.142. The van der Waals surface area contributed by atoms with Gasteiger partial charge in [0.15, 0.2) is 0 Å². The first-order valence-electron chi connectivity index (χ1n) is 8.13. The fourth-order valence-corrected chi connectivity index (χ4v) is 1.67. The molecule has 0 radical (unpaired) electrons. The van der Waals surface area contributed by atoms with Crippen molar-refractivity contribution >= 4 is 29.7 Å². The zero-order chi connectivity index (χ0) is 22.0. The zero-order valence-electron chi connectivity index (χ0n) is 16.0. The summed E-state index contributed by atoms with van der Waals surface area (Å²) in [5, 5.41) is 24.8. The highest BCUT2D eigenvalue weighted by Gasteiger charge is 2.16. The van der Waals surface area contributed by atoms with Crippen molar-refractivity contribution < 1.29 is 34.4 Å². The largest absolute Gasteiger partial charge is 0.480 e. The van der Waals surface area contributed by atoms with Crippen molar-refractivity contribution in [1.82, 2.24) is 0 Å². The number of aliphatic hydroxyl groups is 1. The summed E-state index contributed by atoms with van der Waals surface area (Å²) in [6.07, 6.45) is 2.82. The fraction of sp³-hybridized carbons (Fsp3) is 0.800. The third kappa shape index (κ3) is 20.7. The van der Waals surface area contributed by atoms with E-state index in [0.29, 0.717) is 25.8 Å². The molecule has 0 heterocycles. The van der Waals surface area contributed by atoms with Crippen molar-refractivity contribution in [3.63, 3.8) is 0 Å². The van der Waals surface area contributed by atoms with Crippen LogP contribution in [0.15, 0.2) is 0 Å². The van der Waals surface area contributed by atoms with Crippen LogP contribution in [-0.2, 0) is 19.1 Å². The van der Waals surface area contributed by atoms with Gasteiger partial charge in [-0.1, -0.05) is 0 Å². The predicted octanol–water partition coefficient (Wildman–Crippen LogP) is -1.84. The monoisotopic (exact) mass is 414 g/mol. The maximum absolute atomic E-state index is 10.7. The van der Waals surface area contributed by atoms with Gasteiger partial charge in [-0.25, -0.2) is 0 Å². The lowest BCUT2D eigenvalue weighted by atomic mass is 10.2. The van der Waals surface area contributed by atoms with Crippen LogP contribution in [-0.4, -0.2) is 83.1 Å². The zero-order valence-corrected chi connectivity index (χ0v) is 16.9. The van der Waals surface area contributed by atoms with E-state index >= 15 is 0 Å². The fourth-order valence-electron chi connectivity index (χ4n) is 1.18. The van der Waals surface area contributed by atoms with E-state index in [1.165, 1.54) is 14.0 Å². The average molecular weight is 415 g/mol. The van der Waals surface area contributed by atoms with Gasteiger partial charge in [-0.15, -0.1) is 0 Å². The molecule has 162 valence electrons. The highest BCUT2D eigenvalue weighted by Crippen LogP contribution is 1.99. The van der Waals surface area contributed by atoms with Crippen LogP contribution in [0.1, 0.15) is 26.2 Å². The molecule has 0 aromatic rings. The molecule has 0 aromatic heterocycles. The van der Waals surface area contributed by atoms with Gasteiger partial charge < -0.3 is 43.0 Å². The molecule has 0 saturated heterocycles. The van der Waals surface area contributed by atoms with Crippen LogP contribution in [0.3, 0.4) is 0 Å². The molecule has 0 aliphatic carbocycles. The van der Waals surface area contributed by atoms with Crippen molar-refractivity contribution in [2.24, 2.45) is 22.9 Å². The molecule has 0 unspecified atom stereocenters. The molecule has 0 aliphatic heterocycles. The van der Waals surface area contributed by atoms with E-state index in [0.717, 1.165) is 5.75 Å². The van der Waals surface area contributed by atoms with Crippen molar-refractivity contribution in [3.8, 4) is 0 Å². The van der Waals surface area contributed by atoms with Gasteiger partial charge in [-0.05, 0) is 44.7 Å². The van der Waals surface area contributed by atoms with Gasteiger partial charge in [0.05, 0.1) is 13.2 Å². The smallest absolute Gasteiger partial charge is 0.323 e. The van der Waals surface area contributed by atoms with E-state index in [-0.39, 0.29) is 5.97 Å². The van der Waals surface area contributed by atoms with Crippen molar-refractivity contribution in [1.29, 1.82) is 0 Å². The molecule has 4 atom stereocenters. The first-order valence-corrected chi connectivity index (χ1v) is 9.52. The molecule has 0 aliphatic rings. The molecule has 11 nitrogen and oxygen atoms in total. The Morgan fingerprint density at radius 2 is 1.56 bits per heavy atom. The molecule has 0 saturated carbocycles. The molecule has 12 heteroatoms. The number of rotatable bonds is 10. The van der Waals surface area contributed by atoms with Gasteiger partial charge in [-0.3, -0.25) is 14.4 Å². The highest BCUT2D eigenvalue weighted by molar-refractivity contribution is 7.98. The summed E-state index contributed by atoms with van der Waals surface area (Å²) in [6.45, 7) is 1.83. The third-order valence-electron chi connectivity index (χ3n) is 2.98. The number of ether oxygens (including phenoxy) is 1. The summed E-state index contributed by atoms with van der Waals surface area (Å²) in [7, 11) is 1.35. The molecule has 0 rings (SSSR count). The van der Waals surface area contributed by atoms with E-state index in [9.17, 15) is 14.4 Å². The standard InChI is InChI=1S/C6H13NO2S.C5H12N2O2.C4H9NO3/c1-9-6(8)5(7)3-4-10-2;6-3-1-2-4(7)5(8)9;1-2(6)3(5)4(7)8/h5H,3-4,7H2,1-2H3;4H,1-3,6-7H2,(H,8,9);2-3,6H,5H2,1H3,(H,7,8)/t5-;4-;2-,3+/m001/s1. The summed E-state index contributed by atoms with van der Waals surface area (Å²) in [5.74, 6) is -1.56. The number of aliphatic carboxylic acids is 2. The molecular formula is C15H34N4O7S. The summed E-state index contributed by atoms with van der Waals surface area (Å²) >= 11 is 1.67. The Morgan fingerprint density at radius 3 is 1.81 bits per heavy atom. The van der Waals surface area contributed by atoms with Gasteiger partial charge in [-0.2, -0.15) is 11.8 Å². The molecule has 0 fully saturated rings. The van der Waals surface area contributed by atoms with Crippen molar-refractivity contribution in [2.75, 3.05) is 25.7 Å². The quantitative estimate of drug-likeness (QED) is 0.196. The first kappa shape index (κ1) is 30.3. The molecular weight excluding hydrogens is 380 g/mol. The number of aliphatic hydroxyl groups excluding tert-OH is 1. The molecule has 0 spiro atoms. The number of esters is 1. The van der Waals surface area contributed by atoms with E-state index in [4.69, 9.17) is 38.3 Å². The predicted molar refractivity (Wildman–Crippen MR) is 104 cm³/mol. The minimum atomic E-state index is -1.18. The number of carbonyl (C=O) groups is 3. The van der Waals surface area contributed by atoms with Gasteiger partial charge in [0, 0.05) is 0 Å². The first-order chi connectivity index (χ1) is 12.5. The number of carbonyl (C=O) groups excluding carboxylic acids is 1. The van der Waals surface area contributed by atoms with Gasteiger partial charge in [0.2, 0.25) is 0 Å². The second kappa shape index (κ2) is 19.3. The maximum atomic E-state index is 10.7. The topological polar surface area (TPSA) is 225 Å². The second-order valence-corrected chi connectivity index (χ2v) is 6.38. The summed E-state index contributed by atoms with van der Waals surface area (Å²) in [5.41, 5.74) is 20.6. The number of nitrogens with two attached hydrogens (primary N) is 4. The summed E-state index contributed by atoms with van der Waals surface area (Å²) < 4.78 is 4.44. The van der Waals surface area contributed by atoms with E-state index in [1.54, 1.807) is 11.8 Å². The van der Waals surface area contributed by atoms with Gasteiger partial charge in [0.1, 0.15) is 18.1 Å². The van der Waals surface area contributed by atoms with E-state index in [2.05, 4.69) is 4.74 Å². The van der Waals surface area contributed by atoms with E-state index < -0.39 is 36.2 Å². The lowest BCUT2D eigenvalue weighted by Crippen LogP contribution is -2.39. The van der Waals surface area contributed by atoms with Crippen molar-refractivity contribution in [2.45, 2.75) is 50.4 Å². The average Bonchev–Trinajstić information content (AvgIpc) is 2.63. The van der Waals surface area contributed by atoms with Crippen LogP contribution in [0.4, 0.5) is 0 Å². The summed E-state index contributed by atoms with van der Waals surface area (Å²) in [4.78, 5) is 30.6. The lowest BCUT2D eigenvalue weighted by Gasteiger charge is -2.06. The number of carboxylic acids is 2. The minimum Gasteiger partial charge on any atom is -0.480 e. The Balaban J connectivity index is -0.000000322. The van der Waals surface area contributed by atoms with Crippen LogP contribution in [0.2, 0.25) is 0 Å². The number of thioether (sulfide) groups is 1. The van der Waals surface area contributed by atoms with E-state index in [1.807, 2.05) is 6.26 Å². The number of methoxy groups -OCH3 is 1. The SMILES string of the molecule is COC(=O)[C@@H](N)CCSC.C[C@@H](O)[C@H](N)C(=O)O.NCCC[C@H](N)C(=O)O. The molecule has 27 heavy (non-hydrogen) atoms. The normalized spacial score (nSPS) is 14.2. The van der Waals surface area contributed by atoms with Crippen molar-refractivity contribution in [3.05, 3.63) is 0 Å². The van der Waals surface area contributed by atoms with Crippen LogP contribution in [0.25, 0.3) is 0 Å². The highest BCUT2D eigenvalue weighted by atomic mass is 32.2. The summed E-state index contributed by atoms with van der Waals surface area (Å²) in [6, 6.07) is -2.35. The van der Waals surface area contributed by atoms with Crippen LogP contribution in [0, 0.1) is 0 Å². The number of hydrogen-bond donors (Lipinski definition) is 7. The van der Waals surface area contributed by atoms with Crippen LogP contribution >= 0.6 is 11.8 Å². The van der Waals surface area contributed by atoms with Crippen LogP contribution < -0.4 is 22.9 Å². The van der Waals surface area contributed by atoms with Gasteiger partial charge in [0.25, 0.3) is 0 Å². The molecule has 0 bridgehead atoms. The second-order valence-electron chi connectivity index (χ2n) is 5.39. The van der Waals surface area contributed by atoms with Crippen LogP contribution in [0.5, 0.6) is 0 Å². The molecule has 0 aromatic carbocycles. The maximum Gasteiger partial charge on any atom is 0.323 e. The Kier molecular flexibility index (Phi) is 21.7. The number of hydrogen-bond acceptors (Lipinski definition) is 10. The van der Waals surface area contributed by atoms with Gasteiger partial charge >= 0.3 is 17.9 Å². The Hall–Kier alpha value is -1.44.